The van der Waals surface area contributed by atoms with Crippen LogP contribution in [-0.4, -0.2) is 11.3 Å². The summed E-state index contributed by atoms with van der Waals surface area (Å²) in [6, 6.07) is 10.5. The molecule has 0 fully saturated rings. The van der Waals surface area contributed by atoms with E-state index in [1.807, 2.05) is 6.07 Å². The van der Waals surface area contributed by atoms with Crippen molar-refractivity contribution in [2.45, 2.75) is 0 Å². The molecule has 0 unspecified atom stereocenters. The number of aldehydes is 1. The van der Waals surface area contributed by atoms with Gasteiger partial charge in [-0.1, -0.05) is 34.8 Å². The summed E-state index contributed by atoms with van der Waals surface area (Å²) in [5.41, 5.74) is 2.67. The summed E-state index contributed by atoms with van der Waals surface area (Å²) in [5, 5.41) is 2.41. The second-order valence-electron chi connectivity index (χ2n) is 4.35. The molecule has 0 saturated heterocycles. The highest BCUT2D eigenvalue weighted by atomic mass is 35.5. The van der Waals surface area contributed by atoms with E-state index in [-0.39, 0.29) is 0 Å². The predicted octanol–water partition coefficient (Wildman–Crippen LogP) is 5.61. The first-order chi connectivity index (χ1) is 9.60. The van der Waals surface area contributed by atoms with E-state index in [9.17, 15) is 4.79 Å². The van der Waals surface area contributed by atoms with Crippen molar-refractivity contribution in [2.75, 3.05) is 0 Å². The molecule has 20 heavy (non-hydrogen) atoms. The Kier molecular flexibility index (Phi) is 3.47. The fraction of sp³-hybridized carbons (Fsp3) is 0. The van der Waals surface area contributed by atoms with Crippen LogP contribution >= 0.6 is 34.8 Å². The van der Waals surface area contributed by atoms with Gasteiger partial charge in [0.15, 0.2) is 6.29 Å². The van der Waals surface area contributed by atoms with Crippen LogP contribution in [0.4, 0.5) is 0 Å². The zero-order chi connectivity index (χ0) is 14.3. The highest BCUT2D eigenvalue weighted by molar-refractivity contribution is 6.35. The lowest BCUT2D eigenvalue weighted by molar-refractivity contribution is 0.112. The van der Waals surface area contributed by atoms with Crippen molar-refractivity contribution in [1.82, 2.24) is 4.98 Å². The lowest BCUT2D eigenvalue weighted by Gasteiger charge is -2.03. The molecule has 0 spiro atoms. The van der Waals surface area contributed by atoms with E-state index in [1.165, 1.54) is 0 Å². The molecule has 0 atom stereocenters. The second-order valence-corrected chi connectivity index (χ2v) is 5.63. The molecule has 5 heteroatoms. The van der Waals surface area contributed by atoms with E-state index in [2.05, 4.69) is 4.98 Å². The molecule has 0 radical (unpaired) electrons. The van der Waals surface area contributed by atoms with Gasteiger partial charge < -0.3 is 4.98 Å². The SMILES string of the molecule is O=Cc1c(-c2cc(Cl)ccc2Cl)[nH]c2ccc(Cl)cc12. The number of nitrogens with one attached hydrogen (secondary N) is 1. The Bertz CT molecular complexity index is 823. The zero-order valence-corrected chi connectivity index (χ0v) is 12.4. The molecule has 2 nitrogen and oxygen atoms in total. The molecular weight excluding hydrogens is 317 g/mol. The van der Waals surface area contributed by atoms with Crippen molar-refractivity contribution in [3.05, 3.63) is 57.0 Å². The average molecular weight is 325 g/mol. The second kappa shape index (κ2) is 5.13. The van der Waals surface area contributed by atoms with Gasteiger partial charge >= 0.3 is 0 Å². The fourth-order valence-corrected chi connectivity index (χ4v) is 2.77. The molecule has 0 saturated carbocycles. The van der Waals surface area contributed by atoms with E-state index in [4.69, 9.17) is 34.8 Å². The molecule has 1 N–H and O–H groups in total. The molecule has 3 rings (SSSR count). The van der Waals surface area contributed by atoms with Gasteiger partial charge in [-0.3, -0.25) is 4.79 Å². The topological polar surface area (TPSA) is 32.9 Å². The number of aromatic amines is 1. The van der Waals surface area contributed by atoms with Gasteiger partial charge in [0.2, 0.25) is 0 Å². The van der Waals surface area contributed by atoms with Crippen molar-refractivity contribution in [3.63, 3.8) is 0 Å². The molecular formula is C15H8Cl3NO. The summed E-state index contributed by atoms with van der Waals surface area (Å²) in [4.78, 5) is 14.6. The highest BCUT2D eigenvalue weighted by Gasteiger charge is 2.15. The highest BCUT2D eigenvalue weighted by Crippen LogP contribution is 2.35. The Morgan fingerprint density at radius 3 is 2.40 bits per heavy atom. The van der Waals surface area contributed by atoms with E-state index >= 15 is 0 Å². The Morgan fingerprint density at radius 2 is 1.65 bits per heavy atom. The first-order valence-electron chi connectivity index (χ1n) is 5.82. The largest absolute Gasteiger partial charge is 0.354 e. The zero-order valence-electron chi connectivity index (χ0n) is 10.1. The maximum absolute atomic E-state index is 11.4. The lowest BCUT2D eigenvalue weighted by atomic mass is 10.1. The summed E-state index contributed by atoms with van der Waals surface area (Å²) < 4.78 is 0. The third kappa shape index (κ3) is 2.20. The summed E-state index contributed by atoms with van der Waals surface area (Å²) in [6.07, 6.45) is 0.793. The maximum atomic E-state index is 11.4. The fourth-order valence-electron chi connectivity index (χ4n) is 2.21. The van der Waals surface area contributed by atoms with Crippen LogP contribution < -0.4 is 0 Å². The van der Waals surface area contributed by atoms with Crippen molar-refractivity contribution in [2.24, 2.45) is 0 Å². The lowest BCUT2D eigenvalue weighted by Crippen LogP contribution is -1.86. The molecule has 0 aliphatic rings. The number of halogens is 3. The van der Waals surface area contributed by atoms with Crippen LogP contribution in [0.1, 0.15) is 10.4 Å². The number of fused-ring (bicyclic) bond motifs is 1. The molecule has 0 aliphatic carbocycles. The third-order valence-electron chi connectivity index (χ3n) is 3.12. The normalized spacial score (nSPS) is 10.9. The Morgan fingerprint density at radius 1 is 0.950 bits per heavy atom. The monoisotopic (exact) mass is 323 g/mol. The minimum Gasteiger partial charge on any atom is -0.354 e. The number of carbonyl (C=O) groups excluding carboxylic acids is 1. The van der Waals surface area contributed by atoms with Gasteiger partial charge in [0, 0.05) is 32.1 Å². The van der Waals surface area contributed by atoms with Gasteiger partial charge in [0.05, 0.1) is 10.7 Å². The Hall–Kier alpha value is -1.48. The summed E-state index contributed by atoms with van der Waals surface area (Å²) >= 11 is 18.2. The van der Waals surface area contributed by atoms with Crippen molar-refractivity contribution < 1.29 is 4.79 Å². The quantitative estimate of drug-likeness (QED) is 0.611. The van der Waals surface area contributed by atoms with Crippen molar-refractivity contribution in [3.8, 4) is 11.3 Å². The molecule has 0 bridgehead atoms. The van der Waals surface area contributed by atoms with Crippen LogP contribution in [-0.2, 0) is 0 Å². The number of H-pyrrole nitrogens is 1. The van der Waals surface area contributed by atoms with Crippen LogP contribution in [0.25, 0.3) is 22.2 Å². The first kappa shape index (κ1) is 13.5. The van der Waals surface area contributed by atoms with Crippen LogP contribution in [0.2, 0.25) is 15.1 Å². The molecule has 0 amide bonds. The molecule has 3 aromatic rings. The van der Waals surface area contributed by atoms with Gasteiger partial charge in [-0.05, 0) is 36.4 Å². The first-order valence-corrected chi connectivity index (χ1v) is 6.95. The Balaban J connectivity index is 2.36. The molecule has 100 valence electrons. The van der Waals surface area contributed by atoms with Gasteiger partial charge in [-0.2, -0.15) is 0 Å². The average Bonchev–Trinajstić information content (AvgIpc) is 2.79. The number of benzene rings is 2. The number of rotatable bonds is 2. The van der Waals surface area contributed by atoms with Gasteiger partial charge in [0.25, 0.3) is 0 Å². The predicted molar refractivity (Wildman–Crippen MR) is 84.2 cm³/mol. The van der Waals surface area contributed by atoms with Crippen LogP contribution in [0.15, 0.2) is 36.4 Å². The van der Waals surface area contributed by atoms with Crippen LogP contribution in [0.5, 0.6) is 0 Å². The van der Waals surface area contributed by atoms with Gasteiger partial charge in [-0.25, -0.2) is 0 Å². The van der Waals surface area contributed by atoms with E-state index in [0.717, 1.165) is 17.2 Å². The summed E-state index contributed by atoms with van der Waals surface area (Å²) in [7, 11) is 0. The molecule has 1 heterocycles. The van der Waals surface area contributed by atoms with Crippen LogP contribution in [0.3, 0.4) is 0 Å². The number of hydrogen-bond donors (Lipinski definition) is 1. The number of carbonyl (C=O) groups is 1. The minimum absolute atomic E-state index is 0.520. The molecule has 2 aromatic carbocycles. The van der Waals surface area contributed by atoms with Crippen molar-refractivity contribution >= 4 is 52.0 Å². The van der Waals surface area contributed by atoms with E-state index < -0.39 is 0 Å². The summed E-state index contributed by atoms with van der Waals surface area (Å²) in [6.45, 7) is 0. The van der Waals surface area contributed by atoms with E-state index in [0.29, 0.717) is 31.9 Å². The summed E-state index contributed by atoms with van der Waals surface area (Å²) in [5.74, 6) is 0. The minimum atomic E-state index is 0.520. The van der Waals surface area contributed by atoms with Gasteiger partial charge in [0.1, 0.15) is 0 Å². The van der Waals surface area contributed by atoms with Crippen molar-refractivity contribution in [1.29, 1.82) is 0 Å². The maximum Gasteiger partial charge on any atom is 0.152 e. The third-order valence-corrected chi connectivity index (χ3v) is 3.92. The molecule has 0 aliphatic heterocycles. The smallest absolute Gasteiger partial charge is 0.152 e. The van der Waals surface area contributed by atoms with Crippen LogP contribution in [0, 0.1) is 0 Å². The number of aromatic nitrogens is 1. The van der Waals surface area contributed by atoms with E-state index in [1.54, 1.807) is 30.3 Å². The van der Waals surface area contributed by atoms with Gasteiger partial charge in [-0.15, -0.1) is 0 Å². The standard InChI is InChI=1S/C15H8Cl3NO/c16-8-1-3-13(18)11(6-8)15-12(7-20)10-5-9(17)2-4-14(10)19-15/h1-7,19H. The Labute approximate surface area is 130 Å². The number of hydrogen-bond acceptors (Lipinski definition) is 1. The molecule has 1 aromatic heterocycles.